The zero-order chi connectivity index (χ0) is 11.2. The summed E-state index contributed by atoms with van der Waals surface area (Å²) in [7, 11) is 0. The monoisotopic (exact) mass is 220 g/mol. The van der Waals surface area contributed by atoms with E-state index in [9.17, 15) is 4.79 Å². The molecule has 5 nitrogen and oxygen atoms in total. The number of carbonyl (C=O) groups is 1. The smallest absolute Gasteiger partial charge is 0.225 e. The molecule has 1 aromatic rings. The first-order valence-corrected chi connectivity index (χ1v) is 5.63. The van der Waals surface area contributed by atoms with Crippen LogP contribution in [-0.4, -0.2) is 29.2 Å². The van der Waals surface area contributed by atoms with Crippen LogP contribution in [-0.2, 0) is 4.79 Å². The Hall–Kier alpha value is -1.49. The molecule has 0 bridgehead atoms. The molecule has 0 aromatic carbocycles. The molecule has 1 fully saturated rings. The number of rotatable bonds is 3. The van der Waals surface area contributed by atoms with Crippen LogP contribution in [0.2, 0.25) is 0 Å². The molecular weight excluding hydrogens is 204 g/mol. The van der Waals surface area contributed by atoms with Gasteiger partial charge in [0.15, 0.2) is 5.82 Å². The van der Waals surface area contributed by atoms with Crippen molar-refractivity contribution in [3.8, 4) is 0 Å². The summed E-state index contributed by atoms with van der Waals surface area (Å²) in [6.45, 7) is 2.01. The Balaban J connectivity index is 1.80. The summed E-state index contributed by atoms with van der Waals surface area (Å²) in [5, 5.41) is 13.6. The summed E-state index contributed by atoms with van der Waals surface area (Å²) in [6, 6.07) is 3.49. The van der Waals surface area contributed by atoms with Crippen LogP contribution in [0.15, 0.2) is 18.3 Å². The van der Waals surface area contributed by atoms with E-state index in [2.05, 4.69) is 20.8 Å². The van der Waals surface area contributed by atoms with Crippen molar-refractivity contribution < 1.29 is 4.79 Å². The predicted molar refractivity (Wildman–Crippen MR) is 60.9 cm³/mol. The minimum Gasteiger partial charge on any atom is -0.316 e. The molecule has 0 aliphatic carbocycles. The van der Waals surface area contributed by atoms with E-state index < -0.39 is 0 Å². The number of nitrogens with zero attached hydrogens (tertiary/aromatic N) is 2. The number of hydrogen-bond donors (Lipinski definition) is 2. The van der Waals surface area contributed by atoms with Crippen molar-refractivity contribution in [1.82, 2.24) is 15.5 Å². The van der Waals surface area contributed by atoms with Gasteiger partial charge in [-0.15, -0.1) is 5.10 Å². The van der Waals surface area contributed by atoms with E-state index >= 15 is 0 Å². The van der Waals surface area contributed by atoms with Crippen molar-refractivity contribution in [2.45, 2.75) is 19.3 Å². The van der Waals surface area contributed by atoms with Gasteiger partial charge in [-0.1, -0.05) is 0 Å². The summed E-state index contributed by atoms with van der Waals surface area (Å²) in [5.74, 6) is 0.996. The summed E-state index contributed by atoms with van der Waals surface area (Å²) in [6.07, 6.45) is 4.42. The van der Waals surface area contributed by atoms with Crippen LogP contribution in [0.1, 0.15) is 19.3 Å². The standard InChI is InChI=1S/C11H16N4O/c16-11(7-9-3-1-5-12-8-9)14-10-4-2-6-13-15-10/h2,4,6,9,12H,1,3,5,7-8H2,(H,14,15,16). The highest BCUT2D eigenvalue weighted by Crippen LogP contribution is 2.14. The van der Waals surface area contributed by atoms with Gasteiger partial charge in [0.1, 0.15) is 0 Å². The third kappa shape index (κ3) is 3.27. The molecule has 2 rings (SSSR count). The largest absolute Gasteiger partial charge is 0.316 e. The Morgan fingerprint density at radius 1 is 1.62 bits per heavy atom. The van der Waals surface area contributed by atoms with Gasteiger partial charge >= 0.3 is 0 Å². The van der Waals surface area contributed by atoms with Crippen molar-refractivity contribution in [3.63, 3.8) is 0 Å². The summed E-state index contributed by atoms with van der Waals surface area (Å²) in [4.78, 5) is 11.7. The van der Waals surface area contributed by atoms with Gasteiger partial charge in [-0.05, 0) is 44.0 Å². The Labute approximate surface area is 94.6 Å². The van der Waals surface area contributed by atoms with Crippen molar-refractivity contribution in [3.05, 3.63) is 18.3 Å². The fourth-order valence-corrected chi connectivity index (χ4v) is 1.92. The molecule has 1 aromatic heterocycles. The Bertz CT molecular complexity index is 335. The van der Waals surface area contributed by atoms with E-state index in [1.165, 1.54) is 0 Å². The predicted octanol–water partition coefficient (Wildman–Crippen LogP) is 0.805. The van der Waals surface area contributed by atoms with Crippen LogP contribution < -0.4 is 10.6 Å². The molecule has 16 heavy (non-hydrogen) atoms. The quantitative estimate of drug-likeness (QED) is 0.791. The molecular formula is C11H16N4O. The normalized spacial score (nSPS) is 20.4. The van der Waals surface area contributed by atoms with Crippen LogP contribution in [0.5, 0.6) is 0 Å². The minimum atomic E-state index is 0.0224. The third-order valence-electron chi connectivity index (χ3n) is 2.71. The molecule has 0 saturated carbocycles. The fourth-order valence-electron chi connectivity index (χ4n) is 1.92. The van der Waals surface area contributed by atoms with Crippen molar-refractivity contribution in [1.29, 1.82) is 0 Å². The second-order valence-corrected chi connectivity index (χ2v) is 4.07. The maximum atomic E-state index is 11.7. The van der Waals surface area contributed by atoms with Gasteiger partial charge in [0.05, 0.1) is 0 Å². The molecule has 1 amide bonds. The van der Waals surface area contributed by atoms with Gasteiger partial charge in [-0.25, -0.2) is 0 Å². The zero-order valence-corrected chi connectivity index (χ0v) is 9.15. The van der Waals surface area contributed by atoms with E-state index in [1.54, 1.807) is 18.3 Å². The van der Waals surface area contributed by atoms with Gasteiger partial charge in [0.25, 0.3) is 0 Å². The molecule has 0 radical (unpaired) electrons. The number of amides is 1. The van der Waals surface area contributed by atoms with E-state index in [0.717, 1.165) is 25.9 Å². The second-order valence-electron chi connectivity index (χ2n) is 4.07. The van der Waals surface area contributed by atoms with E-state index in [4.69, 9.17) is 0 Å². The third-order valence-corrected chi connectivity index (χ3v) is 2.71. The van der Waals surface area contributed by atoms with E-state index in [-0.39, 0.29) is 5.91 Å². The topological polar surface area (TPSA) is 66.9 Å². The summed E-state index contributed by atoms with van der Waals surface area (Å²) >= 11 is 0. The SMILES string of the molecule is O=C(CC1CCCNC1)Nc1cccnn1. The lowest BCUT2D eigenvalue weighted by Gasteiger charge is -2.21. The first kappa shape index (κ1) is 11.0. The number of carbonyl (C=O) groups excluding carboxylic acids is 1. The molecule has 1 aliphatic heterocycles. The molecule has 0 spiro atoms. The highest BCUT2D eigenvalue weighted by Gasteiger charge is 2.16. The van der Waals surface area contributed by atoms with Gasteiger partial charge in [0, 0.05) is 12.6 Å². The highest BCUT2D eigenvalue weighted by molar-refractivity contribution is 5.89. The van der Waals surface area contributed by atoms with Gasteiger partial charge < -0.3 is 10.6 Å². The Morgan fingerprint density at radius 3 is 3.25 bits per heavy atom. The number of hydrogen-bond acceptors (Lipinski definition) is 4. The molecule has 2 N–H and O–H groups in total. The minimum absolute atomic E-state index is 0.0224. The van der Waals surface area contributed by atoms with Gasteiger partial charge in [-0.2, -0.15) is 5.10 Å². The molecule has 5 heteroatoms. The van der Waals surface area contributed by atoms with Crippen LogP contribution in [0, 0.1) is 5.92 Å². The van der Waals surface area contributed by atoms with E-state index in [1.807, 2.05) is 0 Å². The Morgan fingerprint density at radius 2 is 2.56 bits per heavy atom. The van der Waals surface area contributed by atoms with Crippen molar-refractivity contribution >= 4 is 11.7 Å². The number of anilines is 1. The molecule has 1 saturated heterocycles. The first-order valence-electron chi connectivity index (χ1n) is 5.63. The van der Waals surface area contributed by atoms with Crippen LogP contribution in [0.25, 0.3) is 0 Å². The zero-order valence-electron chi connectivity index (χ0n) is 9.15. The average Bonchev–Trinajstić information content (AvgIpc) is 2.31. The first-order chi connectivity index (χ1) is 7.84. The van der Waals surface area contributed by atoms with Crippen LogP contribution in [0.4, 0.5) is 5.82 Å². The molecule has 1 aliphatic rings. The lowest BCUT2D eigenvalue weighted by Crippen LogP contribution is -2.32. The second kappa shape index (κ2) is 5.55. The number of nitrogens with one attached hydrogen (secondary N) is 2. The van der Waals surface area contributed by atoms with Crippen LogP contribution >= 0.6 is 0 Å². The summed E-state index contributed by atoms with van der Waals surface area (Å²) in [5.41, 5.74) is 0. The van der Waals surface area contributed by atoms with Crippen LogP contribution in [0.3, 0.4) is 0 Å². The number of piperidine rings is 1. The van der Waals surface area contributed by atoms with Crippen molar-refractivity contribution in [2.75, 3.05) is 18.4 Å². The lowest BCUT2D eigenvalue weighted by molar-refractivity contribution is -0.117. The van der Waals surface area contributed by atoms with E-state index in [0.29, 0.717) is 18.2 Å². The maximum Gasteiger partial charge on any atom is 0.225 e. The maximum absolute atomic E-state index is 11.7. The molecule has 1 atom stereocenters. The number of aromatic nitrogens is 2. The molecule has 86 valence electrons. The fraction of sp³-hybridized carbons (Fsp3) is 0.545. The molecule has 2 heterocycles. The van der Waals surface area contributed by atoms with Gasteiger partial charge in [-0.3, -0.25) is 4.79 Å². The average molecular weight is 220 g/mol. The van der Waals surface area contributed by atoms with Gasteiger partial charge in [0.2, 0.25) is 5.91 Å². The lowest BCUT2D eigenvalue weighted by atomic mass is 9.96. The highest BCUT2D eigenvalue weighted by atomic mass is 16.1. The van der Waals surface area contributed by atoms with Crippen molar-refractivity contribution in [2.24, 2.45) is 5.92 Å². The Kier molecular flexibility index (Phi) is 3.82. The molecule has 1 unspecified atom stereocenters. The summed E-state index contributed by atoms with van der Waals surface area (Å²) < 4.78 is 0.